The number of nitrogens with zero attached hydrogens (tertiary/aromatic N) is 1. The monoisotopic (exact) mass is 440 g/mol. The smallest absolute Gasteiger partial charge is 0.404 e. The zero-order chi connectivity index (χ0) is 20.6. The quantitative estimate of drug-likeness (QED) is 0.432. The Hall–Kier alpha value is -2.16. The highest BCUT2D eigenvalue weighted by atomic mass is 35.5. The number of phosphoric acid groups is 1. The van der Waals surface area contributed by atoms with Gasteiger partial charge in [0.1, 0.15) is 18.0 Å². The Morgan fingerprint density at radius 2 is 2.07 bits per heavy atom. The Kier molecular flexibility index (Phi) is 5.50. The van der Waals surface area contributed by atoms with Gasteiger partial charge in [-0.1, -0.05) is 24.3 Å². The van der Waals surface area contributed by atoms with Gasteiger partial charge in [-0.15, -0.1) is 11.6 Å². The number of aromatic amines is 1. The fourth-order valence-corrected chi connectivity index (χ4v) is 4.74. The molecule has 154 valence electrons. The van der Waals surface area contributed by atoms with E-state index in [1.165, 1.54) is 10.8 Å². The second-order valence-electron chi connectivity index (χ2n) is 6.55. The minimum Gasteiger partial charge on any atom is -0.404 e. The van der Waals surface area contributed by atoms with Crippen LogP contribution in [0.3, 0.4) is 0 Å². The second kappa shape index (κ2) is 7.93. The number of para-hydroxylation sites is 1. The molecule has 11 heteroatoms. The van der Waals surface area contributed by atoms with Gasteiger partial charge in [-0.3, -0.25) is 23.4 Å². The standard InChI is InChI=1S/C18H18ClN2O7P/c1-11-9-21(18(23)20-17(11)22)16-7-6-12(26-16)10-25-29(24)27-14-5-3-2-4-13(14)15(8-19)28-29/h2-7,9,12,15-16H,8,10H2,1H3,(H,20,22,23). The molecule has 4 rings (SSSR count). The van der Waals surface area contributed by atoms with E-state index in [4.69, 9.17) is 29.9 Å². The van der Waals surface area contributed by atoms with Crippen LogP contribution in [0.15, 0.2) is 52.2 Å². The number of alkyl halides is 1. The van der Waals surface area contributed by atoms with Crippen molar-refractivity contribution >= 4 is 19.4 Å². The number of phosphoric ester groups is 1. The van der Waals surface area contributed by atoms with Gasteiger partial charge in [0.15, 0.2) is 6.23 Å². The summed E-state index contributed by atoms with van der Waals surface area (Å²) in [5, 5.41) is 0. The van der Waals surface area contributed by atoms with E-state index in [9.17, 15) is 14.2 Å². The van der Waals surface area contributed by atoms with Crippen LogP contribution in [0.1, 0.15) is 23.5 Å². The summed E-state index contributed by atoms with van der Waals surface area (Å²) in [4.78, 5) is 25.7. The van der Waals surface area contributed by atoms with Crippen molar-refractivity contribution in [2.45, 2.75) is 25.4 Å². The lowest BCUT2D eigenvalue weighted by Crippen LogP contribution is -2.33. The lowest BCUT2D eigenvalue weighted by Gasteiger charge is -2.30. The third-order valence-electron chi connectivity index (χ3n) is 4.49. The molecule has 3 heterocycles. The first-order valence-corrected chi connectivity index (χ1v) is 10.8. The molecule has 0 saturated carbocycles. The highest BCUT2D eigenvalue weighted by Gasteiger charge is 2.40. The first-order valence-electron chi connectivity index (χ1n) is 8.82. The van der Waals surface area contributed by atoms with Crippen LogP contribution in [0.5, 0.6) is 5.75 Å². The molecule has 0 amide bonds. The summed E-state index contributed by atoms with van der Waals surface area (Å²) in [6.07, 6.45) is 2.78. The highest BCUT2D eigenvalue weighted by Crippen LogP contribution is 2.58. The number of H-pyrrole nitrogens is 1. The summed E-state index contributed by atoms with van der Waals surface area (Å²) in [5.41, 5.74) is 0.0278. The lowest BCUT2D eigenvalue weighted by atomic mass is 10.1. The Labute approximate surface area is 170 Å². The SMILES string of the molecule is Cc1cn(C2C=CC(COP3(=O)Oc4ccccc4C(CCl)O3)O2)c(=O)[nH]c1=O. The average molecular weight is 441 g/mol. The number of benzene rings is 1. The van der Waals surface area contributed by atoms with Crippen molar-refractivity contribution in [2.24, 2.45) is 0 Å². The van der Waals surface area contributed by atoms with E-state index >= 15 is 0 Å². The van der Waals surface area contributed by atoms with E-state index < -0.39 is 37.5 Å². The zero-order valence-electron chi connectivity index (χ0n) is 15.3. The number of ether oxygens (including phenoxy) is 1. The molecule has 0 spiro atoms. The predicted octanol–water partition coefficient (Wildman–Crippen LogP) is 2.81. The Morgan fingerprint density at radius 3 is 2.86 bits per heavy atom. The summed E-state index contributed by atoms with van der Waals surface area (Å²) in [5.74, 6) is 0.480. The van der Waals surface area contributed by atoms with E-state index in [2.05, 4.69) is 4.98 Å². The number of rotatable bonds is 5. The van der Waals surface area contributed by atoms with Crippen LogP contribution in [0, 0.1) is 6.92 Å². The third-order valence-corrected chi connectivity index (χ3v) is 6.17. The summed E-state index contributed by atoms with van der Waals surface area (Å²) >= 11 is 5.94. The number of aryl methyl sites for hydroxylation is 1. The van der Waals surface area contributed by atoms with Crippen LogP contribution in [-0.4, -0.2) is 28.1 Å². The average Bonchev–Trinajstić information content (AvgIpc) is 3.17. The van der Waals surface area contributed by atoms with Crippen molar-refractivity contribution < 1.29 is 22.9 Å². The van der Waals surface area contributed by atoms with Crippen LogP contribution in [0.25, 0.3) is 0 Å². The summed E-state index contributed by atoms with van der Waals surface area (Å²) in [7, 11) is -3.90. The van der Waals surface area contributed by atoms with Gasteiger partial charge in [-0.25, -0.2) is 9.36 Å². The maximum Gasteiger partial charge on any atom is 0.530 e. The Balaban J connectivity index is 1.43. The number of nitrogens with one attached hydrogen (secondary N) is 1. The van der Waals surface area contributed by atoms with Gasteiger partial charge >= 0.3 is 13.5 Å². The molecule has 9 nitrogen and oxygen atoms in total. The van der Waals surface area contributed by atoms with Crippen LogP contribution in [-0.2, 0) is 18.3 Å². The van der Waals surface area contributed by atoms with E-state index in [0.29, 0.717) is 16.9 Å². The van der Waals surface area contributed by atoms with Crippen LogP contribution in [0.2, 0.25) is 0 Å². The maximum absolute atomic E-state index is 12.9. The summed E-state index contributed by atoms with van der Waals surface area (Å²) in [6.45, 7) is 1.46. The molecular weight excluding hydrogens is 423 g/mol. The molecule has 4 atom stereocenters. The molecule has 1 aromatic heterocycles. The molecule has 4 unspecified atom stereocenters. The van der Waals surface area contributed by atoms with Crippen molar-refractivity contribution in [3.8, 4) is 5.75 Å². The molecular formula is C18H18ClN2O7P. The molecule has 0 bridgehead atoms. The highest BCUT2D eigenvalue weighted by molar-refractivity contribution is 7.49. The van der Waals surface area contributed by atoms with Crippen molar-refractivity contribution in [1.29, 1.82) is 0 Å². The molecule has 2 aliphatic rings. The van der Waals surface area contributed by atoms with Gasteiger partial charge in [-0.2, -0.15) is 0 Å². The van der Waals surface area contributed by atoms with E-state index in [-0.39, 0.29) is 12.5 Å². The topological polar surface area (TPSA) is 109 Å². The fourth-order valence-electron chi connectivity index (χ4n) is 3.03. The van der Waals surface area contributed by atoms with E-state index in [0.717, 1.165) is 0 Å². The summed E-state index contributed by atoms with van der Waals surface area (Å²) < 4.78 is 36.2. The van der Waals surface area contributed by atoms with Crippen molar-refractivity contribution in [1.82, 2.24) is 9.55 Å². The normalized spacial score (nSPS) is 28.1. The van der Waals surface area contributed by atoms with Crippen molar-refractivity contribution in [2.75, 3.05) is 12.5 Å². The van der Waals surface area contributed by atoms with Crippen molar-refractivity contribution in [3.05, 3.63) is 74.6 Å². The first-order chi connectivity index (χ1) is 13.9. The van der Waals surface area contributed by atoms with Gasteiger partial charge in [-0.05, 0) is 19.1 Å². The molecule has 0 saturated heterocycles. The minimum absolute atomic E-state index is 0.0874. The van der Waals surface area contributed by atoms with Gasteiger partial charge in [0, 0.05) is 17.3 Å². The largest absolute Gasteiger partial charge is 0.530 e. The van der Waals surface area contributed by atoms with Crippen LogP contribution in [0.4, 0.5) is 0 Å². The maximum atomic E-state index is 12.9. The number of hydrogen-bond acceptors (Lipinski definition) is 7. The molecule has 2 aliphatic heterocycles. The molecule has 29 heavy (non-hydrogen) atoms. The molecule has 1 N–H and O–H groups in total. The predicted molar refractivity (Wildman–Crippen MR) is 104 cm³/mol. The summed E-state index contributed by atoms with van der Waals surface area (Å²) in [6, 6.07) is 7.00. The molecule has 0 fully saturated rings. The number of hydrogen-bond donors (Lipinski definition) is 1. The van der Waals surface area contributed by atoms with Crippen molar-refractivity contribution in [3.63, 3.8) is 0 Å². The van der Waals surface area contributed by atoms with Crippen LogP contribution >= 0.6 is 19.4 Å². The van der Waals surface area contributed by atoms with Gasteiger partial charge in [0.05, 0.1) is 12.5 Å². The minimum atomic E-state index is -3.90. The van der Waals surface area contributed by atoms with E-state index in [1.807, 2.05) is 0 Å². The number of fused-ring (bicyclic) bond motifs is 1. The number of aromatic nitrogens is 2. The van der Waals surface area contributed by atoms with E-state index in [1.54, 1.807) is 43.3 Å². The molecule has 2 aromatic rings. The Morgan fingerprint density at radius 1 is 1.28 bits per heavy atom. The first kappa shape index (κ1) is 20.1. The van der Waals surface area contributed by atoms with Gasteiger partial charge in [0.2, 0.25) is 0 Å². The lowest BCUT2D eigenvalue weighted by molar-refractivity contribution is -0.0148. The molecule has 1 aromatic carbocycles. The molecule has 0 radical (unpaired) electrons. The van der Waals surface area contributed by atoms with Crippen LogP contribution < -0.4 is 15.8 Å². The third kappa shape index (κ3) is 4.10. The zero-order valence-corrected chi connectivity index (χ0v) is 17.0. The van der Waals surface area contributed by atoms with Gasteiger partial charge < -0.3 is 9.26 Å². The fraction of sp³-hybridized carbons (Fsp3) is 0.333. The van der Waals surface area contributed by atoms with Gasteiger partial charge in [0.25, 0.3) is 5.56 Å². The Bertz CT molecular complexity index is 1110. The molecule has 0 aliphatic carbocycles. The number of halogens is 1. The second-order valence-corrected chi connectivity index (χ2v) is 8.40.